The Morgan fingerprint density at radius 3 is 2.75 bits per heavy atom. The highest BCUT2D eigenvalue weighted by atomic mass is 79.9. The summed E-state index contributed by atoms with van der Waals surface area (Å²) in [5, 5.41) is 8.76. The van der Waals surface area contributed by atoms with E-state index in [4.69, 9.17) is 5.11 Å². The molecule has 1 fully saturated rings. The molecule has 0 radical (unpaired) electrons. The molecular weight excluding hydrogens is 290 g/mol. The standard InChI is InChI=1S/C7H9Br2NO2/c8-6(9)4-5-2-1-3-10(5)7(11)12/h4-5H,1-3H2,(H,11,12). The molecule has 3 nitrogen and oxygen atoms in total. The van der Waals surface area contributed by atoms with Gasteiger partial charge in [0.25, 0.3) is 0 Å². The molecule has 68 valence electrons. The highest BCUT2D eigenvalue weighted by Gasteiger charge is 2.26. The highest BCUT2D eigenvalue weighted by Crippen LogP contribution is 2.23. The summed E-state index contributed by atoms with van der Waals surface area (Å²) in [6, 6.07) is 0.0243. The second-order valence-corrected chi connectivity index (χ2v) is 5.41. The zero-order valence-electron chi connectivity index (χ0n) is 6.33. The molecule has 0 spiro atoms. The van der Waals surface area contributed by atoms with Crippen LogP contribution >= 0.6 is 31.9 Å². The second-order valence-electron chi connectivity index (χ2n) is 2.64. The quantitative estimate of drug-likeness (QED) is 0.809. The van der Waals surface area contributed by atoms with Crippen LogP contribution < -0.4 is 0 Å². The number of rotatable bonds is 1. The Hall–Kier alpha value is -0.0300. The zero-order valence-corrected chi connectivity index (χ0v) is 9.51. The van der Waals surface area contributed by atoms with Gasteiger partial charge in [-0.1, -0.05) is 0 Å². The minimum absolute atomic E-state index is 0.0243. The minimum atomic E-state index is -0.838. The van der Waals surface area contributed by atoms with Crippen molar-refractivity contribution in [3.8, 4) is 0 Å². The molecule has 1 heterocycles. The van der Waals surface area contributed by atoms with Gasteiger partial charge in [0.1, 0.15) is 0 Å². The molecule has 5 heteroatoms. The number of nitrogens with zero attached hydrogens (tertiary/aromatic N) is 1. The third-order valence-electron chi connectivity index (χ3n) is 1.86. The van der Waals surface area contributed by atoms with E-state index in [0.717, 1.165) is 16.2 Å². The van der Waals surface area contributed by atoms with Crippen LogP contribution in [0.2, 0.25) is 0 Å². The lowest BCUT2D eigenvalue weighted by Crippen LogP contribution is -2.32. The number of likely N-dealkylation sites (tertiary alicyclic amines) is 1. The lowest BCUT2D eigenvalue weighted by molar-refractivity contribution is 0.147. The van der Waals surface area contributed by atoms with Gasteiger partial charge in [0.05, 0.1) is 9.43 Å². The SMILES string of the molecule is O=C(O)N1CCCC1C=C(Br)Br. The van der Waals surface area contributed by atoms with Crippen molar-refractivity contribution in [2.75, 3.05) is 6.54 Å². The van der Waals surface area contributed by atoms with Crippen LogP contribution in [0.4, 0.5) is 4.79 Å². The van der Waals surface area contributed by atoms with Crippen molar-refractivity contribution in [2.45, 2.75) is 18.9 Å². The summed E-state index contributed by atoms with van der Waals surface area (Å²) in [5.41, 5.74) is 0. The summed E-state index contributed by atoms with van der Waals surface area (Å²) >= 11 is 6.44. The zero-order chi connectivity index (χ0) is 9.14. The number of carbonyl (C=O) groups is 1. The highest BCUT2D eigenvalue weighted by molar-refractivity contribution is 9.28. The van der Waals surface area contributed by atoms with Gasteiger partial charge in [0.2, 0.25) is 0 Å². The Morgan fingerprint density at radius 1 is 1.58 bits per heavy atom. The van der Waals surface area contributed by atoms with E-state index in [1.165, 1.54) is 4.90 Å². The van der Waals surface area contributed by atoms with Crippen LogP contribution in [-0.4, -0.2) is 28.7 Å². The van der Waals surface area contributed by atoms with Gasteiger partial charge in [-0.05, 0) is 50.8 Å². The predicted molar refractivity (Wildman–Crippen MR) is 53.7 cm³/mol. The van der Waals surface area contributed by atoms with Crippen LogP contribution in [0.15, 0.2) is 9.47 Å². The Labute approximate surface area is 87.7 Å². The second kappa shape index (κ2) is 4.28. The van der Waals surface area contributed by atoms with Gasteiger partial charge in [-0.25, -0.2) is 4.79 Å². The fourth-order valence-electron chi connectivity index (χ4n) is 1.35. The van der Waals surface area contributed by atoms with Crippen LogP contribution in [0.5, 0.6) is 0 Å². The summed E-state index contributed by atoms with van der Waals surface area (Å²) in [5.74, 6) is 0. The molecule has 1 unspecified atom stereocenters. The normalized spacial score (nSPS) is 22.5. The van der Waals surface area contributed by atoms with E-state index in [9.17, 15) is 4.79 Å². The van der Waals surface area contributed by atoms with Crippen LogP contribution in [0.3, 0.4) is 0 Å². The van der Waals surface area contributed by atoms with E-state index in [-0.39, 0.29) is 6.04 Å². The molecule has 0 saturated carbocycles. The Kier molecular flexibility index (Phi) is 3.58. The molecule has 1 aliphatic heterocycles. The first-order valence-electron chi connectivity index (χ1n) is 3.63. The lowest BCUT2D eigenvalue weighted by Gasteiger charge is -2.17. The molecule has 0 aromatic rings. The van der Waals surface area contributed by atoms with Crippen LogP contribution in [0, 0.1) is 0 Å². The van der Waals surface area contributed by atoms with Gasteiger partial charge in [0, 0.05) is 6.54 Å². The fraction of sp³-hybridized carbons (Fsp3) is 0.571. The summed E-state index contributed by atoms with van der Waals surface area (Å²) in [6.45, 7) is 0.643. The first-order chi connectivity index (χ1) is 5.61. The smallest absolute Gasteiger partial charge is 0.407 e. The average molecular weight is 299 g/mol. The number of hydrogen-bond donors (Lipinski definition) is 1. The average Bonchev–Trinajstić information content (AvgIpc) is 2.33. The lowest BCUT2D eigenvalue weighted by atomic mass is 10.2. The van der Waals surface area contributed by atoms with Crippen LogP contribution in [0.1, 0.15) is 12.8 Å². The van der Waals surface area contributed by atoms with Gasteiger partial charge < -0.3 is 10.0 Å². The molecule has 0 aliphatic carbocycles. The Bertz CT molecular complexity index is 213. The molecule has 1 rings (SSSR count). The first kappa shape index (κ1) is 10.1. The van der Waals surface area contributed by atoms with E-state index in [2.05, 4.69) is 31.9 Å². The van der Waals surface area contributed by atoms with Gasteiger partial charge in [-0.3, -0.25) is 0 Å². The number of hydrogen-bond acceptors (Lipinski definition) is 1. The molecule has 1 atom stereocenters. The van der Waals surface area contributed by atoms with Gasteiger partial charge >= 0.3 is 6.09 Å². The van der Waals surface area contributed by atoms with Gasteiger partial charge in [-0.2, -0.15) is 0 Å². The monoisotopic (exact) mass is 297 g/mol. The van der Waals surface area contributed by atoms with E-state index >= 15 is 0 Å². The van der Waals surface area contributed by atoms with Crippen LogP contribution in [0.25, 0.3) is 0 Å². The topological polar surface area (TPSA) is 40.5 Å². The van der Waals surface area contributed by atoms with E-state index in [1.54, 1.807) is 0 Å². The molecule has 1 aliphatic rings. The number of carboxylic acid groups (broad SMARTS) is 1. The molecule has 1 saturated heterocycles. The van der Waals surface area contributed by atoms with E-state index in [0.29, 0.717) is 6.54 Å². The third kappa shape index (κ3) is 2.48. The minimum Gasteiger partial charge on any atom is -0.465 e. The predicted octanol–water partition coefficient (Wildman–Crippen LogP) is 2.76. The van der Waals surface area contributed by atoms with Crippen molar-refractivity contribution in [1.82, 2.24) is 4.90 Å². The van der Waals surface area contributed by atoms with Crippen LogP contribution in [-0.2, 0) is 0 Å². The Morgan fingerprint density at radius 2 is 2.25 bits per heavy atom. The van der Waals surface area contributed by atoms with Crippen molar-refractivity contribution in [1.29, 1.82) is 0 Å². The number of halogens is 2. The molecule has 1 N–H and O–H groups in total. The van der Waals surface area contributed by atoms with Gasteiger partial charge in [0.15, 0.2) is 0 Å². The summed E-state index contributed by atoms with van der Waals surface area (Å²) in [4.78, 5) is 12.1. The van der Waals surface area contributed by atoms with E-state index < -0.39 is 6.09 Å². The molecular formula is C7H9Br2NO2. The fourth-order valence-corrected chi connectivity index (χ4v) is 1.96. The summed E-state index contributed by atoms with van der Waals surface area (Å²) in [7, 11) is 0. The van der Waals surface area contributed by atoms with Crippen molar-refractivity contribution < 1.29 is 9.90 Å². The Balaban J connectivity index is 2.64. The first-order valence-corrected chi connectivity index (χ1v) is 5.22. The maximum atomic E-state index is 10.7. The molecule has 1 amide bonds. The maximum absolute atomic E-state index is 10.7. The van der Waals surface area contributed by atoms with Crippen molar-refractivity contribution in [3.63, 3.8) is 0 Å². The van der Waals surface area contributed by atoms with Crippen molar-refractivity contribution in [3.05, 3.63) is 9.47 Å². The van der Waals surface area contributed by atoms with Crippen molar-refractivity contribution >= 4 is 38.0 Å². The third-order valence-corrected chi connectivity index (χ3v) is 2.39. The summed E-state index contributed by atoms with van der Waals surface area (Å²) in [6.07, 6.45) is 2.88. The van der Waals surface area contributed by atoms with E-state index in [1.807, 2.05) is 6.08 Å². The molecule has 0 bridgehead atoms. The summed E-state index contributed by atoms with van der Waals surface area (Å²) < 4.78 is 0.813. The molecule has 0 aromatic carbocycles. The molecule has 0 aromatic heterocycles. The molecule has 12 heavy (non-hydrogen) atoms. The van der Waals surface area contributed by atoms with Gasteiger partial charge in [-0.15, -0.1) is 0 Å². The largest absolute Gasteiger partial charge is 0.465 e. The van der Waals surface area contributed by atoms with Crippen molar-refractivity contribution in [2.24, 2.45) is 0 Å². The number of amides is 1. The maximum Gasteiger partial charge on any atom is 0.407 e.